The molecule has 1 N–H and O–H groups in total. The number of anilines is 1. The van der Waals surface area contributed by atoms with Gasteiger partial charge in [-0.05, 0) is 37.6 Å². The van der Waals surface area contributed by atoms with E-state index in [2.05, 4.69) is 16.4 Å². The summed E-state index contributed by atoms with van der Waals surface area (Å²) in [6.07, 6.45) is 2.59. The molecule has 3 aromatic rings. The van der Waals surface area contributed by atoms with Crippen LogP contribution in [0.3, 0.4) is 0 Å². The van der Waals surface area contributed by atoms with E-state index in [0.717, 1.165) is 16.8 Å². The second kappa shape index (κ2) is 7.81. The van der Waals surface area contributed by atoms with E-state index < -0.39 is 11.7 Å². The Bertz CT molecular complexity index is 977. The highest BCUT2D eigenvalue weighted by Crippen LogP contribution is 2.28. The van der Waals surface area contributed by atoms with Crippen LogP contribution in [0.4, 0.5) is 9.52 Å². The minimum absolute atomic E-state index is 0.180. The fraction of sp³-hybridized carbons (Fsp3) is 0.100. The van der Waals surface area contributed by atoms with Crippen molar-refractivity contribution in [1.82, 2.24) is 4.98 Å². The third-order valence-corrected chi connectivity index (χ3v) is 4.88. The van der Waals surface area contributed by atoms with Gasteiger partial charge in [0.05, 0.1) is 10.7 Å². The van der Waals surface area contributed by atoms with Crippen LogP contribution in [-0.4, -0.2) is 10.9 Å². The number of amides is 1. The monoisotopic (exact) mass is 386 g/mol. The molecule has 1 heterocycles. The van der Waals surface area contributed by atoms with Crippen molar-refractivity contribution in [3.05, 3.63) is 75.4 Å². The van der Waals surface area contributed by atoms with E-state index in [1.54, 1.807) is 6.07 Å². The van der Waals surface area contributed by atoms with Gasteiger partial charge in [-0.2, -0.15) is 0 Å². The van der Waals surface area contributed by atoms with Gasteiger partial charge in [0.15, 0.2) is 5.13 Å². The summed E-state index contributed by atoms with van der Waals surface area (Å²) in [4.78, 5) is 16.5. The molecule has 0 unspecified atom stereocenters. The van der Waals surface area contributed by atoms with Crippen molar-refractivity contribution in [3.63, 3.8) is 0 Å². The van der Waals surface area contributed by atoms with E-state index >= 15 is 0 Å². The number of carbonyl (C=O) groups excluding carboxylic acids is 1. The molecular formula is C20H16ClFN2OS. The summed E-state index contributed by atoms with van der Waals surface area (Å²) >= 11 is 7.27. The molecule has 0 saturated heterocycles. The van der Waals surface area contributed by atoms with E-state index in [4.69, 9.17) is 11.6 Å². The van der Waals surface area contributed by atoms with Crippen molar-refractivity contribution >= 4 is 40.1 Å². The first-order valence-electron chi connectivity index (χ1n) is 7.90. The highest BCUT2D eigenvalue weighted by atomic mass is 35.5. The Morgan fingerprint density at radius 3 is 2.81 bits per heavy atom. The number of carbonyl (C=O) groups is 1. The van der Waals surface area contributed by atoms with Crippen molar-refractivity contribution in [2.45, 2.75) is 13.8 Å². The number of aryl methyl sites for hydroxylation is 2. The molecule has 0 aliphatic rings. The molecule has 1 aromatic heterocycles. The number of benzene rings is 2. The molecule has 26 heavy (non-hydrogen) atoms. The second-order valence-electron chi connectivity index (χ2n) is 5.81. The van der Waals surface area contributed by atoms with Gasteiger partial charge in [-0.1, -0.05) is 41.4 Å². The molecule has 0 spiro atoms. The smallest absolute Gasteiger partial charge is 0.250 e. The number of rotatable bonds is 4. The summed E-state index contributed by atoms with van der Waals surface area (Å²) in [5.41, 5.74) is 4.33. The van der Waals surface area contributed by atoms with Gasteiger partial charge in [-0.15, -0.1) is 11.3 Å². The molecule has 0 radical (unpaired) electrons. The predicted molar refractivity (Wildman–Crippen MR) is 106 cm³/mol. The van der Waals surface area contributed by atoms with Crippen LogP contribution >= 0.6 is 22.9 Å². The van der Waals surface area contributed by atoms with E-state index in [-0.39, 0.29) is 10.6 Å². The van der Waals surface area contributed by atoms with Gasteiger partial charge in [0.1, 0.15) is 5.82 Å². The third kappa shape index (κ3) is 4.18. The van der Waals surface area contributed by atoms with Crippen LogP contribution in [0.15, 0.2) is 47.9 Å². The zero-order valence-corrected chi connectivity index (χ0v) is 15.8. The Kier molecular flexibility index (Phi) is 5.49. The van der Waals surface area contributed by atoms with Gasteiger partial charge in [-0.25, -0.2) is 9.37 Å². The quantitative estimate of drug-likeness (QED) is 0.569. The molecule has 3 rings (SSSR count). The average molecular weight is 387 g/mol. The van der Waals surface area contributed by atoms with Crippen molar-refractivity contribution < 1.29 is 9.18 Å². The average Bonchev–Trinajstić information content (AvgIpc) is 3.02. The maximum Gasteiger partial charge on any atom is 0.250 e. The molecule has 0 saturated carbocycles. The van der Waals surface area contributed by atoms with E-state index in [9.17, 15) is 9.18 Å². The zero-order chi connectivity index (χ0) is 18.7. The minimum Gasteiger partial charge on any atom is -0.298 e. The van der Waals surface area contributed by atoms with E-state index in [1.807, 2.05) is 31.4 Å². The van der Waals surface area contributed by atoms with Crippen LogP contribution in [0.1, 0.15) is 16.7 Å². The maximum absolute atomic E-state index is 13.7. The summed E-state index contributed by atoms with van der Waals surface area (Å²) < 4.78 is 13.7. The molecule has 0 fully saturated rings. The second-order valence-corrected chi connectivity index (χ2v) is 7.08. The lowest BCUT2D eigenvalue weighted by Gasteiger charge is -2.03. The first kappa shape index (κ1) is 18.3. The molecule has 132 valence electrons. The van der Waals surface area contributed by atoms with Gasteiger partial charge in [0, 0.05) is 22.6 Å². The summed E-state index contributed by atoms with van der Waals surface area (Å²) in [6.45, 7) is 4.07. The molecule has 0 aliphatic carbocycles. The first-order chi connectivity index (χ1) is 12.4. The normalized spacial score (nSPS) is 11.1. The highest BCUT2D eigenvalue weighted by molar-refractivity contribution is 7.14. The maximum atomic E-state index is 13.7. The zero-order valence-electron chi connectivity index (χ0n) is 14.2. The summed E-state index contributed by atoms with van der Waals surface area (Å²) in [6, 6.07) is 10.5. The Morgan fingerprint density at radius 1 is 1.27 bits per heavy atom. The van der Waals surface area contributed by atoms with Crippen molar-refractivity contribution in [3.8, 4) is 11.3 Å². The van der Waals surface area contributed by atoms with Gasteiger partial charge in [0.2, 0.25) is 5.91 Å². The Hall–Kier alpha value is -2.50. The largest absolute Gasteiger partial charge is 0.298 e. The highest BCUT2D eigenvalue weighted by Gasteiger charge is 2.09. The van der Waals surface area contributed by atoms with Crippen LogP contribution in [-0.2, 0) is 4.79 Å². The molecule has 6 heteroatoms. The van der Waals surface area contributed by atoms with Crippen LogP contribution in [0, 0.1) is 19.7 Å². The number of halogens is 2. The van der Waals surface area contributed by atoms with Gasteiger partial charge < -0.3 is 0 Å². The van der Waals surface area contributed by atoms with Gasteiger partial charge in [0.25, 0.3) is 0 Å². The lowest BCUT2D eigenvalue weighted by molar-refractivity contribution is -0.111. The number of aromatic nitrogens is 1. The van der Waals surface area contributed by atoms with Gasteiger partial charge in [-0.3, -0.25) is 10.1 Å². The van der Waals surface area contributed by atoms with Crippen LogP contribution in [0.25, 0.3) is 17.3 Å². The van der Waals surface area contributed by atoms with Crippen LogP contribution in [0.5, 0.6) is 0 Å². The molecule has 0 aliphatic heterocycles. The lowest BCUT2D eigenvalue weighted by Crippen LogP contribution is -2.07. The Labute approximate surface area is 160 Å². The number of hydrogen-bond donors (Lipinski definition) is 1. The number of nitrogens with zero attached hydrogens (tertiary/aromatic N) is 1. The molecule has 0 atom stereocenters. The number of nitrogens with one attached hydrogen (secondary N) is 1. The van der Waals surface area contributed by atoms with E-state index in [0.29, 0.717) is 5.13 Å². The molecular weight excluding hydrogens is 371 g/mol. The Morgan fingerprint density at radius 2 is 2.08 bits per heavy atom. The van der Waals surface area contributed by atoms with Crippen molar-refractivity contribution in [1.29, 1.82) is 0 Å². The topological polar surface area (TPSA) is 42.0 Å². The van der Waals surface area contributed by atoms with E-state index in [1.165, 1.54) is 41.2 Å². The molecule has 2 aromatic carbocycles. The first-order valence-corrected chi connectivity index (χ1v) is 9.16. The third-order valence-electron chi connectivity index (χ3n) is 3.79. The minimum atomic E-state index is -0.479. The Balaban J connectivity index is 1.73. The fourth-order valence-electron chi connectivity index (χ4n) is 2.53. The summed E-state index contributed by atoms with van der Waals surface area (Å²) in [5.74, 6) is -0.876. The molecule has 1 amide bonds. The lowest BCUT2D eigenvalue weighted by atomic mass is 10.0. The standard InChI is InChI=1S/C20H16ClFN2OS/c1-12-6-7-14(13(2)10-12)18-11-26-20(23-18)24-19(25)9-8-15-16(21)4-3-5-17(15)22/h3-11H,1-2H3,(H,23,24,25)/b9-8+. The summed E-state index contributed by atoms with van der Waals surface area (Å²) in [5, 5.41) is 5.31. The molecule has 3 nitrogen and oxygen atoms in total. The fourth-order valence-corrected chi connectivity index (χ4v) is 3.47. The predicted octanol–water partition coefficient (Wildman–Crippen LogP) is 5.87. The van der Waals surface area contributed by atoms with Crippen LogP contribution < -0.4 is 5.32 Å². The van der Waals surface area contributed by atoms with Crippen molar-refractivity contribution in [2.75, 3.05) is 5.32 Å². The summed E-state index contributed by atoms with van der Waals surface area (Å²) in [7, 11) is 0. The SMILES string of the molecule is Cc1ccc(-c2csc(NC(=O)/C=C/c3c(F)cccc3Cl)n2)c(C)c1. The van der Waals surface area contributed by atoms with Crippen molar-refractivity contribution in [2.24, 2.45) is 0 Å². The van der Waals surface area contributed by atoms with Crippen LogP contribution in [0.2, 0.25) is 5.02 Å². The molecule has 0 bridgehead atoms. The number of thiazole rings is 1. The number of hydrogen-bond acceptors (Lipinski definition) is 3. The van der Waals surface area contributed by atoms with Gasteiger partial charge >= 0.3 is 0 Å².